The number of allylic oxidation sites excluding steroid dienone is 4. The molecule has 3 aliphatic rings. The maximum absolute atomic E-state index is 14.2. The fourth-order valence-electron chi connectivity index (χ4n) is 3.00. The number of hydrogen-bond donors (Lipinski definition) is 0. The van der Waals surface area contributed by atoms with Gasteiger partial charge in [0.05, 0.1) is 0 Å². The van der Waals surface area contributed by atoms with Crippen molar-refractivity contribution >= 4 is 0 Å². The molecule has 0 aromatic rings. The van der Waals surface area contributed by atoms with E-state index in [1.54, 1.807) is 0 Å². The molecule has 0 aromatic heterocycles. The van der Waals surface area contributed by atoms with Crippen LogP contribution in [0.15, 0.2) is 24.3 Å². The first-order valence-electron chi connectivity index (χ1n) is 4.83. The minimum absolute atomic E-state index is 0.257. The van der Waals surface area contributed by atoms with Gasteiger partial charge in [-0.15, -0.1) is 0 Å². The topological polar surface area (TPSA) is 0 Å². The van der Waals surface area contributed by atoms with E-state index in [-0.39, 0.29) is 5.92 Å². The number of hydrogen-bond acceptors (Lipinski definition) is 0. The Morgan fingerprint density at radius 3 is 2.92 bits per heavy atom. The normalized spacial score (nSPS) is 54.6. The highest BCUT2D eigenvalue weighted by atomic mass is 19.1. The van der Waals surface area contributed by atoms with Crippen molar-refractivity contribution < 1.29 is 4.39 Å². The van der Waals surface area contributed by atoms with E-state index < -0.39 is 5.67 Å². The van der Waals surface area contributed by atoms with Gasteiger partial charge in [0, 0.05) is 5.92 Å². The molecule has 0 spiro atoms. The average Bonchev–Trinajstić information content (AvgIpc) is 2.13. The number of halogens is 1. The molecule has 4 unspecified atom stereocenters. The van der Waals surface area contributed by atoms with Gasteiger partial charge >= 0.3 is 0 Å². The fourth-order valence-corrected chi connectivity index (χ4v) is 3.00. The van der Waals surface area contributed by atoms with Crippen LogP contribution in [0.4, 0.5) is 4.39 Å². The molecule has 0 heterocycles. The zero-order valence-electron chi connectivity index (χ0n) is 7.04. The highest BCUT2D eigenvalue weighted by molar-refractivity contribution is 5.26. The highest BCUT2D eigenvalue weighted by Gasteiger charge is 2.54. The minimum atomic E-state index is -0.854. The molecule has 64 valence electrons. The number of fused-ring (bicyclic) bond motifs is 5. The van der Waals surface area contributed by atoms with Gasteiger partial charge in [0.1, 0.15) is 5.67 Å². The smallest absolute Gasteiger partial charge is 0.118 e. The third-order valence-corrected chi connectivity index (χ3v) is 3.73. The molecule has 0 saturated heterocycles. The van der Waals surface area contributed by atoms with Gasteiger partial charge in [-0.05, 0) is 31.1 Å². The summed E-state index contributed by atoms with van der Waals surface area (Å²) >= 11 is 0. The van der Waals surface area contributed by atoms with Crippen molar-refractivity contribution in [1.82, 2.24) is 0 Å². The van der Waals surface area contributed by atoms with Gasteiger partial charge in [0.2, 0.25) is 0 Å². The standard InChI is InChI=1S/C11H13F/c12-11-6-2-1-3-8(7-11)9-4-5-10(9)11/h1,3-5,8-10H,2,6-7H2. The van der Waals surface area contributed by atoms with Gasteiger partial charge in [0.15, 0.2) is 0 Å². The van der Waals surface area contributed by atoms with Crippen molar-refractivity contribution in [2.75, 3.05) is 0 Å². The molecule has 3 aliphatic carbocycles. The van der Waals surface area contributed by atoms with Gasteiger partial charge < -0.3 is 0 Å². The largest absolute Gasteiger partial charge is 0.243 e. The molecule has 12 heavy (non-hydrogen) atoms. The Morgan fingerprint density at radius 1 is 1.25 bits per heavy atom. The van der Waals surface area contributed by atoms with Crippen molar-refractivity contribution in [3.63, 3.8) is 0 Å². The second-order valence-corrected chi connectivity index (χ2v) is 4.36. The van der Waals surface area contributed by atoms with Crippen LogP contribution >= 0.6 is 0 Å². The van der Waals surface area contributed by atoms with Crippen molar-refractivity contribution in [3.8, 4) is 0 Å². The number of alkyl halides is 1. The first-order valence-corrected chi connectivity index (χ1v) is 4.83. The summed E-state index contributed by atoms with van der Waals surface area (Å²) in [6.07, 6.45) is 11.1. The van der Waals surface area contributed by atoms with E-state index in [1.165, 1.54) is 0 Å². The van der Waals surface area contributed by atoms with Crippen LogP contribution in [0.3, 0.4) is 0 Å². The lowest BCUT2D eigenvalue weighted by Gasteiger charge is -2.33. The Hall–Kier alpha value is -0.590. The molecule has 0 amide bonds. The molecule has 1 heteroatoms. The molecule has 1 fully saturated rings. The molecule has 3 rings (SSSR count). The van der Waals surface area contributed by atoms with Crippen molar-refractivity contribution in [2.24, 2.45) is 17.8 Å². The number of rotatable bonds is 0. The summed E-state index contributed by atoms with van der Waals surface area (Å²) in [6, 6.07) is 0. The van der Waals surface area contributed by atoms with Crippen molar-refractivity contribution in [2.45, 2.75) is 24.9 Å². The molecule has 0 radical (unpaired) electrons. The first-order chi connectivity index (χ1) is 5.80. The Labute approximate surface area is 72.2 Å². The van der Waals surface area contributed by atoms with Crippen LogP contribution < -0.4 is 0 Å². The molecule has 0 aromatic carbocycles. The zero-order valence-corrected chi connectivity index (χ0v) is 7.04. The Morgan fingerprint density at radius 2 is 2.17 bits per heavy atom. The SMILES string of the molecule is FC12CCC=CC(C1)C1C=CC12. The molecular weight excluding hydrogens is 151 g/mol. The van der Waals surface area contributed by atoms with Gasteiger partial charge in [-0.1, -0.05) is 24.3 Å². The van der Waals surface area contributed by atoms with Crippen molar-refractivity contribution in [3.05, 3.63) is 24.3 Å². The summed E-state index contributed by atoms with van der Waals surface area (Å²) in [5.41, 5.74) is -0.854. The predicted molar refractivity (Wildman–Crippen MR) is 46.4 cm³/mol. The summed E-state index contributed by atoms with van der Waals surface area (Å²) < 4.78 is 14.2. The van der Waals surface area contributed by atoms with Crippen LogP contribution in [0.25, 0.3) is 0 Å². The van der Waals surface area contributed by atoms with Gasteiger partial charge in [-0.2, -0.15) is 0 Å². The summed E-state index contributed by atoms with van der Waals surface area (Å²) in [5.74, 6) is 1.30. The van der Waals surface area contributed by atoms with Crippen molar-refractivity contribution in [1.29, 1.82) is 0 Å². The monoisotopic (exact) mass is 164 g/mol. The molecular formula is C11H13F. The lowest BCUT2D eigenvalue weighted by molar-refractivity contribution is 0.108. The Bertz CT molecular complexity index is 266. The van der Waals surface area contributed by atoms with E-state index in [0.717, 1.165) is 19.3 Å². The van der Waals surface area contributed by atoms with E-state index in [0.29, 0.717) is 11.8 Å². The minimum Gasteiger partial charge on any atom is -0.243 e. The molecule has 0 N–H and O–H groups in total. The van der Waals surface area contributed by atoms with Crippen LogP contribution in [-0.4, -0.2) is 5.67 Å². The molecule has 0 aliphatic heterocycles. The van der Waals surface area contributed by atoms with Gasteiger partial charge in [0.25, 0.3) is 0 Å². The summed E-state index contributed by atoms with van der Waals surface area (Å²) in [5, 5.41) is 0. The highest BCUT2D eigenvalue weighted by Crippen LogP contribution is 2.56. The summed E-state index contributed by atoms with van der Waals surface area (Å²) in [4.78, 5) is 0. The fraction of sp³-hybridized carbons (Fsp3) is 0.636. The maximum atomic E-state index is 14.2. The third-order valence-electron chi connectivity index (χ3n) is 3.73. The first kappa shape index (κ1) is 6.88. The lowest BCUT2D eigenvalue weighted by Crippen LogP contribution is -2.32. The Balaban J connectivity index is 2.02. The zero-order chi connectivity index (χ0) is 8.18. The second-order valence-electron chi connectivity index (χ2n) is 4.36. The molecule has 1 saturated carbocycles. The summed E-state index contributed by atoms with van der Waals surface area (Å²) in [7, 11) is 0. The van der Waals surface area contributed by atoms with E-state index >= 15 is 0 Å². The Kier molecular flexibility index (Phi) is 1.15. The maximum Gasteiger partial charge on any atom is 0.118 e. The predicted octanol–water partition coefficient (Wildman–Crippen LogP) is 2.87. The van der Waals surface area contributed by atoms with Crippen LogP contribution in [0.5, 0.6) is 0 Å². The van der Waals surface area contributed by atoms with Gasteiger partial charge in [-0.3, -0.25) is 0 Å². The molecule has 2 bridgehead atoms. The van der Waals surface area contributed by atoms with E-state index in [1.807, 2.05) is 0 Å². The van der Waals surface area contributed by atoms with Gasteiger partial charge in [-0.25, -0.2) is 4.39 Å². The average molecular weight is 164 g/mol. The van der Waals surface area contributed by atoms with Crippen LogP contribution in [0.1, 0.15) is 19.3 Å². The third kappa shape index (κ3) is 0.675. The summed E-state index contributed by atoms with van der Waals surface area (Å²) in [6.45, 7) is 0. The second kappa shape index (κ2) is 2.01. The quantitative estimate of drug-likeness (QED) is 0.483. The van der Waals surface area contributed by atoms with E-state index in [2.05, 4.69) is 24.3 Å². The van der Waals surface area contributed by atoms with E-state index in [4.69, 9.17) is 0 Å². The van der Waals surface area contributed by atoms with Crippen LogP contribution in [0.2, 0.25) is 0 Å². The van der Waals surface area contributed by atoms with Crippen LogP contribution in [0, 0.1) is 17.8 Å². The lowest BCUT2D eigenvalue weighted by atomic mass is 9.75. The molecule has 4 atom stereocenters. The van der Waals surface area contributed by atoms with Crippen LogP contribution in [-0.2, 0) is 0 Å². The molecule has 0 nitrogen and oxygen atoms in total. The van der Waals surface area contributed by atoms with E-state index in [9.17, 15) is 4.39 Å².